The number of carbonyl (C=O) groups is 1. The van der Waals surface area contributed by atoms with Crippen molar-refractivity contribution < 1.29 is 4.79 Å². The number of hydrogen-bond acceptors (Lipinski definition) is 4. The van der Waals surface area contributed by atoms with Crippen LogP contribution in [0.3, 0.4) is 0 Å². The fourth-order valence-corrected chi connectivity index (χ4v) is 4.21. The summed E-state index contributed by atoms with van der Waals surface area (Å²) in [6.07, 6.45) is 1.66. The molecule has 0 amide bonds. The molecule has 0 radical (unpaired) electrons. The number of rotatable bonds is 4. The Balaban J connectivity index is 1.97. The number of nitrogens with zero attached hydrogens (tertiary/aromatic N) is 1. The van der Waals surface area contributed by atoms with Crippen LogP contribution in [-0.2, 0) is 0 Å². The summed E-state index contributed by atoms with van der Waals surface area (Å²) >= 11 is 3.28. The average Bonchev–Trinajstić information content (AvgIpc) is 3.35. The van der Waals surface area contributed by atoms with Gasteiger partial charge in [0.2, 0.25) is 5.78 Å². The molecule has 0 aliphatic heterocycles. The molecule has 0 saturated carbocycles. The van der Waals surface area contributed by atoms with Crippen LogP contribution in [0.25, 0.3) is 20.9 Å². The van der Waals surface area contributed by atoms with Crippen LogP contribution in [0, 0.1) is 0 Å². The normalized spacial score (nSPS) is 10.7. The third kappa shape index (κ3) is 2.70. The molecule has 24 heavy (non-hydrogen) atoms. The van der Waals surface area contributed by atoms with Crippen LogP contribution in [-0.4, -0.2) is 10.8 Å². The molecule has 2 nitrogen and oxygen atoms in total. The predicted octanol–water partition coefficient (Wildman–Crippen LogP) is 5.77. The Kier molecular flexibility index (Phi) is 4.07. The molecule has 0 aliphatic rings. The molecule has 1 aromatic carbocycles. The fraction of sp³-hybridized carbons (Fsp3) is 0. The smallest absolute Gasteiger partial charge is 0.212 e. The maximum Gasteiger partial charge on any atom is 0.212 e. The van der Waals surface area contributed by atoms with Crippen molar-refractivity contribution in [3.05, 3.63) is 88.9 Å². The molecule has 4 aromatic rings. The highest BCUT2D eigenvalue weighted by molar-refractivity contribution is 7.14. The van der Waals surface area contributed by atoms with Gasteiger partial charge in [-0.3, -0.25) is 9.78 Å². The van der Waals surface area contributed by atoms with Crippen molar-refractivity contribution in [1.29, 1.82) is 0 Å². The molecule has 0 fully saturated rings. The minimum absolute atomic E-state index is 0.0389. The molecule has 0 atom stereocenters. The lowest BCUT2D eigenvalue weighted by Crippen LogP contribution is -2.07. The Hall–Kier alpha value is -2.56. The van der Waals surface area contributed by atoms with Crippen LogP contribution in [0.5, 0.6) is 0 Å². The highest BCUT2D eigenvalue weighted by Gasteiger charge is 2.21. The number of ketones is 1. The molecule has 0 bridgehead atoms. The molecule has 0 N–H and O–H groups in total. The molecule has 0 saturated heterocycles. The highest BCUT2D eigenvalue weighted by atomic mass is 32.1. The summed E-state index contributed by atoms with van der Waals surface area (Å²) in [5.41, 5.74) is 3.12. The Morgan fingerprint density at radius 2 is 1.42 bits per heavy atom. The van der Waals surface area contributed by atoms with E-state index >= 15 is 0 Å². The molecule has 3 aromatic heterocycles. The number of thiophene rings is 2. The van der Waals surface area contributed by atoms with Gasteiger partial charge in [-0.05, 0) is 35.0 Å². The first kappa shape index (κ1) is 15.0. The quantitative estimate of drug-likeness (QED) is 0.439. The van der Waals surface area contributed by atoms with Crippen molar-refractivity contribution in [2.75, 3.05) is 0 Å². The number of carbonyl (C=O) groups excluding carboxylic acids is 1. The van der Waals surface area contributed by atoms with Gasteiger partial charge < -0.3 is 0 Å². The Bertz CT molecular complexity index is 906. The van der Waals surface area contributed by atoms with E-state index in [-0.39, 0.29) is 5.78 Å². The number of benzene rings is 1. The van der Waals surface area contributed by atoms with Crippen molar-refractivity contribution in [2.45, 2.75) is 0 Å². The summed E-state index contributed by atoms with van der Waals surface area (Å²) in [6.45, 7) is 0. The average molecular weight is 347 g/mol. The predicted molar refractivity (Wildman–Crippen MR) is 101 cm³/mol. The summed E-state index contributed by atoms with van der Waals surface area (Å²) in [7, 11) is 0. The first-order valence-electron chi connectivity index (χ1n) is 7.51. The Morgan fingerprint density at radius 1 is 0.750 bits per heavy atom. The zero-order valence-electron chi connectivity index (χ0n) is 12.7. The van der Waals surface area contributed by atoms with Gasteiger partial charge in [-0.1, -0.05) is 36.4 Å². The fourth-order valence-electron chi connectivity index (χ4n) is 2.70. The SMILES string of the molecule is O=C(c1ccccn1)c1c(-c2cccs2)cccc1-c1cccs1. The highest BCUT2D eigenvalue weighted by Crippen LogP contribution is 2.37. The summed E-state index contributed by atoms with van der Waals surface area (Å²) < 4.78 is 0. The minimum atomic E-state index is -0.0389. The van der Waals surface area contributed by atoms with E-state index in [1.807, 2.05) is 65.4 Å². The van der Waals surface area contributed by atoms with Crippen molar-refractivity contribution in [3.63, 3.8) is 0 Å². The zero-order chi connectivity index (χ0) is 16.4. The molecule has 4 rings (SSSR count). The first-order chi connectivity index (χ1) is 11.8. The third-order valence-corrected chi connectivity index (χ3v) is 5.57. The van der Waals surface area contributed by atoms with Crippen molar-refractivity contribution in [2.24, 2.45) is 0 Å². The lowest BCUT2D eigenvalue weighted by molar-refractivity contribution is 0.103. The van der Waals surface area contributed by atoms with Crippen LogP contribution in [0.15, 0.2) is 77.6 Å². The van der Waals surface area contributed by atoms with E-state index in [1.54, 1.807) is 34.9 Å². The number of hydrogen-bond donors (Lipinski definition) is 0. The number of pyridine rings is 1. The van der Waals surface area contributed by atoms with E-state index in [0.29, 0.717) is 5.69 Å². The van der Waals surface area contributed by atoms with Crippen LogP contribution in [0.2, 0.25) is 0 Å². The van der Waals surface area contributed by atoms with Crippen LogP contribution in [0.4, 0.5) is 0 Å². The van der Waals surface area contributed by atoms with Crippen LogP contribution >= 0.6 is 22.7 Å². The van der Waals surface area contributed by atoms with E-state index < -0.39 is 0 Å². The summed E-state index contributed by atoms with van der Waals surface area (Å²) in [4.78, 5) is 19.7. The molecule has 0 aliphatic carbocycles. The van der Waals surface area contributed by atoms with Crippen LogP contribution < -0.4 is 0 Å². The standard InChI is InChI=1S/C20H13NOS2/c22-20(16-8-1-2-11-21-16)19-14(17-9-4-12-23-17)6-3-7-15(19)18-10-5-13-24-18/h1-13H. The molecule has 3 heterocycles. The second kappa shape index (κ2) is 6.51. The van der Waals surface area contributed by atoms with E-state index in [4.69, 9.17) is 0 Å². The summed E-state index contributed by atoms with van der Waals surface area (Å²) in [6, 6.07) is 19.6. The van der Waals surface area contributed by atoms with Gasteiger partial charge in [-0.25, -0.2) is 0 Å². The minimum Gasteiger partial charge on any atom is -0.287 e. The first-order valence-corrected chi connectivity index (χ1v) is 9.27. The topological polar surface area (TPSA) is 30.0 Å². The van der Waals surface area contributed by atoms with Crippen LogP contribution in [0.1, 0.15) is 16.1 Å². The van der Waals surface area contributed by atoms with E-state index in [9.17, 15) is 4.79 Å². The molecule has 0 spiro atoms. The van der Waals surface area contributed by atoms with Gasteiger partial charge >= 0.3 is 0 Å². The van der Waals surface area contributed by atoms with Gasteiger partial charge in [0.15, 0.2) is 0 Å². The summed E-state index contributed by atoms with van der Waals surface area (Å²) in [5.74, 6) is -0.0389. The lowest BCUT2D eigenvalue weighted by atomic mass is 9.94. The maximum absolute atomic E-state index is 13.2. The van der Waals surface area contributed by atoms with Gasteiger partial charge in [0.05, 0.1) is 0 Å². The summed E-state index contributed by atoms with van der Waals surface area (Å²) in [5, 5.41) is 4.06. The molecule has 116 valence electrons. The second-order valence-electron chi connectivity index (χ2n) is 5.23. The Labute approximate surface area is 148 Å². The van der Waals surface area contributed by atoms with Gasteiger partial charge in [0.1, 0.15) is 5.69 Å². The van der Waals surface area contributed by atoms with E-state index in [1.165, 1.54) is 0 Å². The molecule has 0 unspecified atom stereocenters. The van der Waals surface area contributed by atoms with Crippen molar-refractivity contribution >= 4 is 28.5 Å². The number of aromatic nitrogens is 1. The lowest BCUT2D eigenvalue weighted by Gasteiger charge is -2.12. The monoisotopic (exact) mass is 347 g/mol. The van der Waals surface area contributed by atoms with Crippen molar-refractivity contribution in [3.8, 4) is 20.9 Å². The van der Waals surface area contributed by atoms with Gasteiger partial charge in [-0.2, -0.15) is 0 Å². The van der Waals surface area contributed by atoms with E-state index in [0.717, 1.165) is 26.4 Å². The molecular formula is C20H13NOS2. The largest absolute Gasteiger partial charge is 0.287 e. The zero-order valence-corrected chi connectivity index (χ0v) is 14.3. The second-order valence-corrected chi connectivity index (χ2v) is 7.12. The van der Waals surface area contributed by atoms with Gasteiger partial charge in [0, 0.05) is 32.6 Å². The molecule has 4 heteroatoms. The van der Waals surface area contributed by atoms with E-state index in [2.05, 4.69) is 4.98 Å². The Morgan fingerprint density at radius 3 is 1.92 bits per heavy atom. The van der Waals surface area contributed by atoms with Crippen molar-refractivity contribution in [1.82, 2.24) is 4.98 Å². The molecular weight excluding hydrogens is 334 g/mol. The van der Waals surface area contributed by atoms with Gasteiger partial charge in [-0.15, -0.1) is 22.7 Å². The van der Waals surface area contributed by atoms with Gasteiger partial charge in [0.25, 0.3) is 0 Å². The maximum atomic E-state index is 13.2. The third-order valence-electron chi connectivity index (χ3n) is 3.76.